The Morgan fingerprint density at radius 1 is 1.23 bits per heavy atom. The molecule has 2 heterocycles. The lowest BCUT2D eigenvalue weighted by atomic mass is 10.3. The standard InChI is InChI=1S/C7H5N5O/c13-7-11-9-6(10-12-7)5-3-1-2-4-8-5/h1-4H,(H,11,12,13). The number of hydrogen-bond donors (Lipinski definition) is 1. The Bertz CT molecular complexity index is 431. The van der Waals surface area contributed by atoms with Crippen LogP contribution in [0.3, 0.4) is 0 Å². The lowest BCUT2D eigenvalue weighted by molar-refractivity contribution is 0.814. The molecule has 0 bridgehead atoms. The predicted octanol–water partition coefficient (Wildman–Crippen LogP) is -0.378. The highest BCUT2D eigenvalue weighted by atomic mass is 16.1. The number of hydrogen-bond acceptors (Lipinski definition) is 5. The quantitative estimate of drug-likeness (QED) is 0.638. The summed E-state index contributed by atoms with van der Waals surface area (Å²) in [5.41, 5.74) is 0.00549. The number of rotatable bonds is 1. The van der Waals surface area contributed by atoms with Crippen molar-refractivity contribution in [1.29, 1.82) is 0 Å². The van der Waals surface area contributed by atoms with Crippen LogP contribution in [-0.4, -0.2) is 25.4 Å². The monoisotopic (exact) mass is 175 g/mol. The summed E-state index contributed by atoms with van der Waals surface area (Å²) in [7, 11) is 0. The Labute approximate surface area is 72.7 Å². The molecule has 0 unspecified atom stereocenters. The van der Waals surface area contributed by atoms with Crippen molar-refractivity contribution >= 4 is 0 Å². The van der Waals surface area contributed by atoms with Crippen molar-refractivity contribution < 1.29 is 0 Å². The van der Waals surface area contributed by atoms with Crippen molar-refractivity contribution in [2.75, 3.05) is 0 Å². The van der Waals surface area contributed by atoms with Gasteiger partial charge in [-0.15, -0.1) is 10.2 Å². The Kier molecular flexibility index (Phi) is 1.79. The lowest BCUT2D eigenvalue weighted by Crippen LogP contribution is -2.14. The van der Waals surface area contributed by atoms with Gasteiger partial charge in [0.2, 0.25) is 5.82 Å². The van der Waals surface area contributed by atoms with Gasteiger partial charge in [0.25, 0.3) is 0 Å². The lowest BCUT2D eigenvalue weighted by Gasteiger charge is -1.93. The second kappa shape index (κ2) is 3.10. The Balaban J connectivity index is 2.48. The molecule has 0 atom stereocenters. The molecule has 0 aliphatic rings. The van der Waals surface area contributed by atoms with Gasteiger partial charge in [-0.1, -0.05) is 11.2 Å². The van der Waals surface area contributed by atoms with Crippen molar-refractivity contribution in [3.05, 3.63) is 34.9 Å². The van der Waals surface area contributed by atoms with E-state index in [-0.39, 0.29) is 0 Å². The minimum atomic E-state index is -0.570. The fourth-order valence-corrected chi connectivity index (χ4v) is 0.842. The maximum absolute atomic E-state index is 10.5. The summed E-state index contributed by atoms with van der Waals surface area (Å²) in [5, 5.41) is 12.7. The van der Waals surface area contributed by atoms with E-state index in [0.29, 0.717) is 11.5 Å². The fraction of sp³-hybridized carbons (Fsp3) is 0. The number of nitrogens with one attached hydrogen (secondary N) is 1. The molecule has 2 rings (SSSR count). The normalized spacial score (nSPS) is 9.85. The summed E-state index contributed by atoms with van der Waals surface area (Å²) in [6, 6.07) is 5.31. The molecule has 0 fully saturated rings. The van der Waals surface area contributed by atoms with Crippen molar-refractivity contribution in [3.8, 4) is 11.5 Å². The van der Waals surface area contributed by atoms with Gasteiger partial charge in [0.1, 0.15) is 5.69 Å². The van der Waals surface area contributed by atoms with E-state index in [9.17, 15) is 4.79 Å². The smallest absolute Gasteiger partial charge is 0.253 e. The van der Waals surface area contributed by atoms with Crippen LogP contribution in [-0.2, 0) is 0 Å². The molecular weight excluding hydrogens is 170 g/mol. The molecule has 6 nitrogen and oxygen atoms in total. The van der Waals surface area contributed by atoms with Gasteiger partial charge in [-0.25, -0.2) is 9.89 Å². The van der Waals surface area contributed by atoms with Gasteiger partial charge in [-0.05, 0) is 12.1 Å². The van der Waals surface area contributed by atoms with Gasteiger partial charge in [-0.2, -0.15) is 0 Å². The van der Waals surface area contributed by atoms with Crippen LogP contribution in [0.1, 0.15) is 0 Å². The molecule has 1 N–H and O–H groups in total. The van der Waals surface area contributed by atoms with Crippen LogP contribution >= 0.6 is 0 Å². The molecule has 2 aromatic rings. The third-order valence-corrected chi connectivity index (χ3v) is 1.39. The van der Waals surface area contributed by atoms with E-state index in [0.717, 1.165) is 0 Å². The zero-order valence-corrected chi connectivity index (χ0v) is 6.51. The van der Waals surface area contributed by atoms with Crippen LogP contribution in [0.5, 0.6) is 0 Å². The van der Waals surface area contributed by atoms with Gasteiger partial charge in [0, 0.05) is 6.20 Å². The average molecular weight is 175 g/mol. The number of H-pyrrole nitrogens is 1. The van der Waals surface area contributed by atoms with Crippen LogP contribution in [0.15, 0.2) is 29.2 Å². The molecule has 0 amide bonds. The summed E-state index contributed by atoms with van der Waals surface area (Å²) in [6.45, 7) is 0. The first-order valence-electron chi connectivity index (χ1n) is 3.57. The van der Waals surface area contributed by atoms with Crippen LogP contribution < -0.4 is 5.69 Å². The largest absolute Gasteiger partial charge is 0.380 e. The molecular formula is C7H5N5O. The Morgan fingerprint density at radius 2 is 2.15 bits per heavy atom. The summed E-state index contributed by atoms with van der Waals surface area (Å²) < 4.78 is 0. The van der Waals surface area contributed by atoms with E-state index < -0.39 is 5.69 Å². The fourth-order valence-electron chi connectivity index (χ4n) is 0.842. The highest BCUT2D eigenvalue weighted by Gasteiger charge is 2.00. The number of aromatic amines is 1. The van der Waals surface area contributed by atoms with Crippen molar-refractivity contribution in [2.45, 2.75) is 0 Å². The van der Waals surface area contributed by atoms with Crippen molar-refractivity contribution in [2.24, 2.45) is 0 Å². The molecule has 0 aliphatic heterocycles. The van der Waals surface area contributed by atoms with Crippen molar-refractivity contribution in [3.63, 3.8) is 0 Å². The minimum absolute atomic E-state index is 0.306. The van der Waals surface area contributed by atoms with Crippen LogP contribution in [0.25, 0.3) is 11.5 Å². The molecule has 0 saturated heterocycles. The van der Waals surface area contributed by atoms with Gasteiger partial charge < -0.3 is 0 Å². The van der Waals surface area contributed by atoms with Gasteiger partial charge in [-0.3, -0.25) is 4.98 Å². The highest BCUT2D eigenvalue weighted by molar-refractivity contribution is 5.46. The summed E-state index contributed by atoms with van der Waals surface area (Å²) in [5.74, 6) is 0.306. The number of aromatic nitrogens is 5. The van der Waals surface area contributed by atoms with Crippen LogP contribution in [0, 0.1) is 0 Å². The molecule has 0 aromatic carbocycles. The maximum atomic E-state index is 10.5. The predicted molar refractivity (Wildman–Crippen MR) is 43.7 cm³/mol. The molecule has 13 heavy (non-hydrogen) atoms. The third kappa shape index (κ3) is 1.56. The highest BCUT2D eigenvalue weighted by Crippen LogP contribution is 2.05. The third-order valence-electron chi connectivity index (χ3n) is 1.39. The van der Waals surface area contributed by atoms with E-state index in [2.05, 4.69) is 25.4 Å². The molecule has 2 aromatic heterocycles. The first-order chi connectivity index (χ1) is 6.36. The van der Waals surface area contributed by atoms with Crippen LogP contribution in [0.2, 0.25) is 0 Å². The second-order valence-electron chi connectivity index (χ2n) is 2.27. The molecule has 0 spiro atoms. The van der Waals surface area contributed by atoms with Gasteiger partial charge in [0.15, 0.2) is 0 Å². The molecule has 0 aliphatic carbocycles. The maximum Gasteiger partial charge on any atom is 0.380 e. The first-order valence-corrected chi connectivity index (χ1v) is 3.57. The van der Waals surface area contributed by atoms with E-state index in [1.165, 1.54) is 0 Å². The van der Waals surface area contributed by atoms with E-state index in [1.54, 1.807) is 24.4 Å². The second-order valence-corrected chi connectivity index (χ2v) is 2.27. The Morgan fingerprint density at radius 3 is 2.77 bits per heavy atom. The van der Waals surface area contributed by atoms with E-state index >= 15 is 0 Å². The SMILES string of the molecule is O=c1nnc(-c2ccccn2)n[nH]1. The molecule has 0 radical (unpaired) electrons. The first kappa shape index (κ1) is 7.53. The van der Waals surface area contributed by atoms with E-state index in [4.69, 9.17) is 0 Å². The van der Waals surface area contributed by atoms with Gasteiger partial charge >= 0.3 is 5.69 Å². The van der Waals surface area contributed by atoms with Gasteiger partial charge in [0.05, 0.1) is 0 Å². The van der Waals surface area contributed by atoms with Crippen molar-refractivity contribution in [1.82, 2.24) is 25.4 Å². The Hall–Kier alpha value is -2.11. The van der Waals surface area contributed by atoms with Crippen LogP contribution in [0.4, 0.5) is 0 Å². The minimum Gasteiger partial charge on any atom is -0.253 e. The molecule has 6 heteroatoms. The van der Waals surface area contributed by atoms with E-state index in [1.807, 2.05) is 0 Å². The average Bonchev–Trinajstić information content (AvgIpc) is 2.20. The topological polar surface area (TPSA) is 84.4 Å². The molecule has 64 valence electrons. The zero-order chi connectivity index (χ0) is 9.10. The number of nitrogens with zero attached hydrogens (tertiary/aromatic N) is 4. The number of pyridine rings is 1. The zero-order valence-electron chi connectivity index (χ0n) is 6.51. The summed E-state index contributed by atoms with van der Waals surface area (Å²) in [6.07, 6.45) is 1.61. The summed E-state index contributed by atoms with van der Waals surface area (Å²) in [4.78, 5) is 14.5. The summed E-state index contributed by atoms with van der Waals surface area (Å²) >= 11 is 0. The molecule has 0 saturated carbocycles.